The first-order valence-electron chi connectivity index (χ1n) is 6.67. The van der Waals surface area contributed by atoms with Crippen LogP contribution in [0.1, 0.15) is 40.0 Å². The van der Waals surface area contributed by atoms with Gasteiger partial charge in [0.15, 0.2) is 0 Å². The lowest BCUT2D eigenvalue weighted by Crippen LogP contribution is -2.47. The molecule has 0 aromatic heterocycles. The second-order valence-corrected chi connectivity index (χ2v) is 5.73. The Balaban J connectivity index is 2.22. The summed E-state index contributed by atoms with van der Waals surface area (Å²) in [4.78, 5) is 14.1. The summed E-state index contributed by atoms with van der Waals surface area (Å²) in [6.45, 7) is 7.00. The smallest absolute Gasteiger partial charge is 0.236 e. The van der Waals surface area contributed by atoms with E-state index in [2.05, 4.69) is 38.0 Å². The topological polar surface area (TPSA) is 58.4 Å². The molecular weight excluding hydrogens is 214 g/mol. The maximum Gasteiger partial charge on any atom is 0.236 e. The Hall–Kier alpha value is -0.610. The van der Waals surface area contributed by atoms with E-state index in [0.29, 0.717) is 18.5 Å². The van der Waals surface area contributed by atoms with Crippen LogP contribution in [0.15, 0.2) is 0 Å². The SMILES string of the molecule is CC(C)C[C@H](N)C(=O)NCC(C)N(C)C1CC1. The van der Waals surface area contributed by atoms with E-state index in [0.717, 1.165) is 12.5 Å². The van der Waals surface area contributed by atoms with Crippen molar-refractivity contribution < 1.29 is 4.79 Å². The second kappa shape index (κ2) is 6.36. The minimum absolute atomic E-state index is 0.0188. The molecular formula is C13H27N3O. The van der Waals surface area contributed by atoms with Gasteiger partial charge in [-0.1, -0.05) is 13.8 Å². The standard InChI is InChI=1S/C13H27N3O/c1-9(2)7-12(14)13(17)15-8-10(3)16(4)11-5-6-11/h9-12H,5-8,14H2,1-4H3,(H,15,17)/t10?,12-/m0/s1. The van der Waals surface area contributed by atoms with Gasteiger partial charge >= 0.3 is 0 Å². The fourth-order valence-corrected chi connectivity index (χ4v) is 1.98. The number of hydrogen-bond donors (Lipinski definition) is 2. The number of nitrogens with zero attached hydrogens (tertiary/aromatic N) is 1. The van der Waals surface area contributed by atoms with Gasteiger partial charge in [-0.25, -0.2) is 0 Å². The molecule has 1 fully saturated rings. The maximum atomic E-state index is 11.7. The zero-order chi connectivity index (χ0) is 13.0. The van der Waals surface area contributed by atoms with Gasteiger partial charge in [0, 0.05) is 18.6 Å². The van der Waals surface area contributed by atoms with Crippen molar-refractivity contribution >= 4 is 5.91 Å². The maximum absolute atomic E-state index is 11.7. The molecule has 1 aliphatic rings. The van der Waals surface area contributed by atoms with E-state index < -0.39 is 0 Å². The van der Waals surface area contributed by atoms with E-state index in [1.807, 2.05) is 0 Å². The number of carbonyl (C=O) groups excluding carboxylic acids is 1. The van der Waals surface area contributed by atoms with Crippen LogP contribution in [-0.2, 0) is 4.79 Å². The number of amides is 1. The van der Waals surface area contributed by atoms with Crippen molar-refractivity contribution in [3.8, 4) is 0 Å². The van der Waals surface area contributed by atoms with Gasteiger partial charge in [0.1, 0.15) is 0 Å². The van der Waals surface area contributed by atoms with Gasteiger partial charge in [-0.2, -0.15) is 0 Å². The van der Waals surface area contributed by atoms with Crippen molar-refractivity contribution in [2.45, 2.75) is 58.2 Å². The Bertz CT molecular complexity index is 251. The molecule has 0 bridgehead atoms. The van der Waals surface area contributed by atoms with Crippen LogP contribution in [0, 0.1) is 5.92 Å². The van der Waals surface area contributed by atoms with E-state index in [1.54, 1.807) is 0 Å². The Morgan fingerprint density at radius 3 is 2.47 bits per heavy atom. The summed E-state index contributed by atoms with van der Waals surface area (Å²) in [5, 5.41) is 2.95. The highest BCUT2D eigenvalue weighted by atomic mass is 16.2. The highest BCUT2D eigenvalue weighted by Gasteiger charge is 2.29. The lowest BCUT2D eigenvalue weighted by atomic mass is 10.0. The van der Waals surface area contributed by atoms with Crippen molar-refractivity contribution in [3.05, 3.63) is 0 Å². The summed E-state index contributed by atoms with van der Waals surface area (Å²) < 4.78 is 0. The summed E-state index contributed by atoms with van der Waals surface area (Å²) in [6, 6.07) is 0.748. The minimum Gasteiger partial charge on any atom is -0.353 e. The van der Waals surface area contributed by atoms with Crippen molar-refractivity contribution in [2.24, 2.45) is 11.7 Å². The lowest BCUT2D eigenvalue weighted by Gasteiger charge is -2.25. The molecule has 4 nitrogen and oxygen atoms in total. The Kier molecular flexibility index (Phi) is 5.40. The molecule has 1 saturated carbocycles. The molecule has 4 heteroatoms. The predicted molar refractivity (Wildman–Crippen MR) is 70.7 cm³/mol. The fourth-order valence-electron chi connectivity index (χ4n) is 1.98. The van der Waals surface area contributed by atoms with Gasteiger partial charge in [-0.05, 0) is 39.2 Å². The van der Waals surface area contributed by atoms with Crippen LogP contribution in [0.25, 0.3) is 0 Å². The van der Waals surface area contributed by atoms with Gasteiger partial charge in [0.25, 0.3) is 0 Å². The highest BCUT2D eigenvalue weighted by molar-refractivity contribution is 5.81. The van der Waals surface area contributed by atoms with E-state index >= 15 is 0 Å². The Morgan fingerprint density at radius 2 is 2.00 bits per heavy atom. The quantitative estimate of drug-likeness (QED) is 0.698. The van der Waals surface area contributed by atoms with Crippen LogP contribution in [0.4, 0.5) is 0 Å². The van der Waals surface area contributed by atoms with Crippen molar-refractivity contribution in [1.29, 1.82) is 0 Å². The molecule has 17 heavy (non-hydrogen) atoms. The van der Waals surface area contributed by atoms with Crippen LogP contribution in [0.5, 0.6) is 0 Å². The second-order valence-electron chi connectivity index (χ2n) is 5.73. The van der Waals surface area contributed by atoms with Crippen molar-refractivity contribution in [2.75, 3.05) is 13.6 Å². The van der Waals surface area contributed by atoms with Crippen LogP contribution in [0.2, 0.25) is 0 Å². The monoisotopic (exact) mass is 241 g/mol. The van der Waals surface area contributed by atoms with Crippen LogP contribution in [-0.4, -0.2) is 42.5 Å². The Morgan fingerprint density at radius 1 is 1.41 bits per heavy atom. The molecule has 0 saturated heterocycles. The van der Waals surface area contributed by atoms with E-state index in [-0.39, 0.29) is 11.9 Å². The molecule has 1 amide bonds. The van der Waals surface area contributed by atoms with E-state index in [9.17, 15) is 4.79 Å². The highest BCUT2D eigenvalue weighted by Crippen LogP contribution is 2.26. The molecule has 1 unspecified atom stereocenters. The lowest BCUT2D eigenvalue weighted by molar-refractivity contribution is -0.122. The minimum atomic E-state index is -0.367. The molecule has 0 aromatic rings. The first-order valence-corrected chi connectivity index (χ1v) is 6.67. The number of nitrogens with one attached hydrogen (secondary N) is 1. The zero-order valence-corrected chi connectivity index (χ0v) is 11.6. The third-order valence-electron chi connectivity index (χ3n) is 3.45. The Labute approximate surface area is 105 Å². The number of nitrogens with two attached hydrogens (primary N) is 1. The molecule has 0 aromatic carbocycles. The van der Waals surface area contributed by atoms with Gasteiger partial charge < -0.3 is 11.1 Å². The molecule has 3 N–H and O–H groups in total. The summed E-state index contributed by atoms with van der Waals surface area (Å²) >= 11 is 0. The summed E-state index contributed by atoms with van der Waals surface area (Å²) in [6.07, 6.45) is 3.34. The average molecular weight is 241 g/mol. The van der Waals surface area contributed by atoms with Crippen molar-refractivity contribution in [1.82, 2.24) is 10.2 Å². The molecule has 1 rings (SSSR count). The van der Waals surface area contributed by atoms with E-state index in [1.165, 1.54) is 12.8 Å². The number of hydrogen-bond acceptors (Lipinski definition) is 3. The molecule has 0 radical (unpaired) electrons. The molecule has 2 atom stereocenters. The third kappa shape index (κ3) is 5.04. The number of carbonyl (C=O) groups is 1. The van der Waals surface area contributed by atoms with Gasteiger partial charge in [-0.3, -0.25) is 9.69 Å². The normalized spacial score (nSPS) is 19.5. The molecule has 0 spiro atoms. The summed E-state index contributed by atoms with van der Waals surface area (Å²) in [5.41, 5.74) is 5.83. The molecule has 1 aliphatic carbocycles. The largest absolute Gasteiger partial charge is 0.353 e. The van der Waals surface area contributed by atoms with Crippen LogP contribution in [0.3, 0.4) is 0 Å². The average Bonchev–Trinajstić information content (AvgIpc) is 3.06. The third-order valence-corrected chi connectivity index (χ3v) is 3.45. The molecule has 100 valence electrons. The van der Waals surface area contributed by atoms with Crippen molar-refractivity contribution in [3.63, 3.8) is 0 Å². The van der Waals surface area contributed by atoms with Crippen LogP contribution >= 0.6 is 0 Å². The number of likely N-dealkylation sites (N-methyl/N-ethyl adjacent to an activating group) is 1. The predicted octanol–water partition coefficient (Wildman–Crippen LogP) is 0.959. The summed E-state index contributed by atoms with van der Waals surface area (Å²) in [7, 11) is 2.13. The van der Waals surface area contributed by atoms with E-state index in [4.69, 9.17) is 5.73 Å². The zero-order valence-electron chi connectivity index (χ0n) is 11.6. The van der Waals surface area contributed by atoms with Gasteiger partial charge in [0.2, 0.25) is 5.91 Å². The molecule has 0 heterocycles. The first kappa shape index (κ1) is 14.5. The summed E-state index contributed by atoms with van der Waals surface area (Å²) in [5.74, 6) is 0.442. The van der Waals surface area contributed by atoms with Crippen LogP contribution < -0.4 is 11.1 Å². The molecule has 0 aliphatic heterocycles. The number of rotatable bonds is 7. The fraction of sp³-hybridized carbons (Fsp3) is 0.923. The first-order chi connectivity index (χ1) is 7.91. The van der Waals surface area contributed by atoms with Gasteiger partial charge in [0.05, 0.1) is 6.04 Å². The van der Waals surface area contributed by atoms with Gasteiger partial charge in [-0.15, -0.1) is 0 Å².